The molecule has 0 bridgehead atoms. The Kier molecular flexibility index (Phi) is 2.87. The fourth-order valence-electron chi connectivity index (χ4n) is 2.04. The summed E-state index contributed by atoms with van der Waals surface area (Å²) in [5, 5.41) is 3.26. The van der Waals surface area contributed by atoms with Gasteiger partial charge in [-0.25, -0.2) is 4.39 Å². The summed E-state index contributed by atoms with van der Waals surface area (Å²) in [7, 11) is 0. The van der Waals surface area contributed by atoms with Crippen molar-refractivity contribution >= 4 is 0 Å². The average molecular weight is 197 g/mol. The first-order chi connectivity index (χ1) is 6.77. The molecule has 1 unspecified atom stereocenters. The van der Waals surface area contributed by atoms with E-state index in [1.807, 2.05) is 19.1 Å². The third-order valence-corrected chi connectivity index (χ3v) is 2.87. The maximum absolute atomic E-state index is 13.3. The molecule has 1 aliphatic rings. The van der Waals surface area contributed by atoms with Crippen LogP contribution >= 0.6 is 0 Å². The highest BCUT2D eigenvalue weighted by Gasteiger charge is 2.28. The van der Waals surface area contributed by atoms with Crippen LogP contribution in [0.25, 0.3) is 0 Å². The molecule has 3 atom stereocenters. The van der Waals surface area contributed by atoms with Crippen molar-refractivity contribution in [3.8, 4) is 0 Å². The van der Waals surface area contributed by atoms with Crippen molar-refractivity contribution < 1.29 is 8.81 Å². The van der Waals surface area contributed by atoms with Crippen molar-refractivity contribution in [1.82, 2.24) is 5.32 Å². The van der Waals surface area contributed by atoms with Gasteiger partial charge in [0.25, 0.3) is 0 Å². The van der Waals surface area contributed by atoms with Crippen molar-refractivity contribution in [3.63, 3.8) is 0 Å². The third-order valence-electron chi connectivity index (χ3n) is 2.87. The first-order valence-electron chi connectivity index (χ1n) is 5.21. The van der Waals surface area contributed by atoms with Gasteiger partial charge in [0.05, 0.1) is 12.3 Å². The lowest BCUT2D eigenvalue weighted by atomic mass is 10.1. The first-order valence-corrected chi connectivity index (χ1v) is 5.21. The van der Waals surface area contributed by atoms with Crippen LogP contribution in [0.1, 0.15) is 38.0 Å². The molecule has 14 heavy (non-hydrogen) atoms. The van der Waals surface area contributed by atoms with E-state index in [2.05, 4.69) is 5.32 Å². The molecule has 0 aliphatic heterocycles. The molecule has 2 rings (SSSR count). The Morgan fingerprint density at radius 3 is 3.00 bits per heavy atom. The Labute approximate surface area is 83.5 Å². The van der Waals surface area contributed by atoms with Crippen LogP contribution in [0.3, 0.4) is 0 Å². The summed E-state index contributed by atoms with van der Waals surface area (Å²) in [4.78, 5) is 0. The summed E-state index contributed by atoms with van der Waals surface area (Å²) >= 11 is 0. The fourth-order valence-corrected chi connectivity index (χ4v) is 2.04. The largest absolute Gasteiger partial charge is 0.468 e. The predicted molar refractivity (Wildman–Crippen MR) is 52.8 cm³/mol. The molecule has 3 heteroatoms. The van der Waals surface area contributed by atoms with Crippen molar-refractivity contribution in [2.45, 2.75) is 44.4 Å². The van der Waals surface area contributed by atoms with Gasteiger partial charge >= 0.3 is 0 Å². The molecule has 0 amide bonds. The van der Waals surface area contributed by atoms with Gasteiger partial charge in [-0.05, 0) is 38.3 Å². The Morgan fingerprint density at radius 1 is 1.57 bits per heavy atom. The molecule has 0 saturated heterocycles. The van der Waals surface area contributed by atoms with Gasteiger partial charge in [-0.2, -0.15) is 0 Å². The summed E-state index contributed by atoms with van der Waals surface area (Å²) in [5.41, 5.74) is 0. The van der Waals surface area contributed by atoms with Crippen LogP contribution < -0.4 is 5.32 Å². The van der Waals surface area contributed by atoms with E-state index in [1.165, 1.54) is 0 Å². The second-order valence-electron chi connectivity index (χ2n) is 3.96. The van der Waals surface area contributed by atoms with Gasteiger partial charge in [0.15, 0.2) is 0 Å². The minimum Gasteiger partial charge on any atom is -0.468 e. The highest BCUT2D eigenvalue weighted by molar-refractivity contribution is 5.04. The molecule has 1 heterocycles. The zero-order valence-electron chi connectivity index (χ0n) is 8.37. The fraction of sp³-hybridized carbons (Fsp3) is 0.636. The molecule has 1 aromatic rings. The van der Waals surface area contributed by atoms with E-state index in [1.54, 1.807) is 6.26 Å². The lowest BCUT2D eigenvalue weighted by Crippen LogP contribution is -2.35. The van der Waals surface area contributed by atoms with Gasteiger partial charge in [-0.1, -0.05) is 0 Å². The number of hydrogen-bond donors (Lipinski definition) is 1. The van der Waals surface area contributed by atoms with Crippen molar-refractivity contribution in [1.29, 1.82) is 0 Å². The number of nitrogens with one attached hydrogen (secondary N) is 1. The van der Waals surface area contributed by atoms with Crippen molar-refractivity contribution in [2.75, 3.05) is 0 Å². The number of rotatable bonds is 3. The molecular weight excluding hydrogens is 181 g/mol. The van der Waals surface area contributed by atoms with Crippen molar-refractivity contribution in [3.05, 3.63) is 24.2 Å². The SMILES string of the molecule is CC(N[C@H]1CCC[C@H]1F)c1ccco1. The Bertz CT molecular complexity index is 273. The van der Waals surface area contributed by atoms with Crippen LogP contribution in [-0.2, 0) is 0 Å². The van der Waals surface area contributed by atoms with Gasteiger partial charge in [0.1, 0.15) is 11.9 Å². The van der Waals surface area contributed by atoms with E-state index in [0.717, 1.165) is 18.6 Å². The molecule has 0 spiro atoms. The zero-order chi connectivity index (χ0) is 9.97. The van der Waals surface area contributed by atoms with Crippen LogP contribution in [0.15, 0.2) is 22.8 Å². The second-order valence-corrected chi connectivity index (χ2v) is 3.96. The molecule has 2 nitrogen and oxygen atoms in total. The number of alkyl halides is 1. The average Bonchev–Trinajstić information content (AvgIpc) is 2.77. The van der Waals surface area contributed by atoms with Crippen LogP contribution in [0, 0.1) is 0 Å². The van der Waals surface area contributed by atoms with E-state index >= 15 is 0 Å². The van der Waals surface area contributed by atoms with E-state index in [-0.39, 0.29) is 12.1 Å². The topological polar surface area (TPSA) is 25.2 Å². The van der Waals surface area contributed by atoms with Gasteiger partial charge in [-0.3, -0.25) is 0 Å². The maximum atomic E-state index is 13.3. The quantitative estimate of drug-likeness (QED) is 0.806. The smallest absolute Gasteiger partial charge is 0.120 e. The molecule has 0 aromatic carbocycles. The van der Waals surface area contributed by atoms with Crippen LogP contribution in [0.4, 0.5) is 4.39 Å². The summed E-state index contributed by atoms with van der Waals surface area (Å²) in [5.74, 6) is 0.879. The summed E-state index contributed by atoms with van der Waals surface area (Å²) in [6, 6.07) is 3.89. The highest BCUT2D eigenvalue weighted by Crippen LogP contribution is 2.24. The normalized spacial score (nSPS) is 29.3. The molecule has 1 fully saturated rings. The van der Waals surface area contributed by atoms with Gasteiger partial charge in [-0.15, -0.1) is 0 Å². The second kappa shape index (κ2) is 4.13. The summed E-state index contributed by atoms with van der Waals surface area (Å²) in [6.07, 6.45) is 3.58. The van der Waals surface area contributed by atoms with Crippen LogP contribution in [0.5, 0.6) is 0 Å². The third kappa shape index (κ3) is 1.98. The lowest BCUT2D eigenvalue weighted by molar-refractivity contribution is 0.259. The molecule has 78 valence electrons. The summed E-state index contributed by atoms with van der Waals surface area (Å²) < 4.78 is 18.6. The minimum atomic E-state index is -0.688. The molecule has 1 aromatic heterocycles. The van der Waals surface area contributed by atoms with E-state index in [0.29, 0.717) is 6.42 Å². The lowest BCUT2D eigenvalue weighted by Gasteiger charge is -2.19. The Balaban J connectivity index is 1.91. The minimum absolute atomic E-state index is 0.00935. The highest BCUT2D eigenvalue weighted by atomic mass is 19.1. The van der Waals surface area contributed by atoms with Gasteiger partial charge < -0.3 is 9.73 Å². The molecule has 1 aliphatic carbocycles. The van der Waals surface area contributed by atoms with E-state index in [4.69, 9.17) is 4.42 Å². The van der Waals surface area contributed by atoms with E-state index in [9.17, 15) is 4.39 Å². The number of halogens is 1. The monoisotopic (exact) mass is 197 g/mol. The predicted octanol–water partition coefficient (Wildman–Crippen LogP) is 2.82. The standard InChI is InChI=1S/C11H16FNO/c1-8(11-6-3-7-14-11)13-10-5-2-4-9(10)12/h3,6-10,13H,2,4-5H2,1H3/t8?,9-,10+/m1/s1. The van der Waals surface area contributed by atoms with Gasteiger partial charge in [0, 0.05) is 6.04 Å². The van der Waals surface area contributed by atoms with E-state index < -0.39 is 6.17 Å². The number of hydrogen-bond acceptors (Lipinski definition) is 2. The molecular formula is C11H16FNO. The molecule has 0 radical (unpaired) electrons. The van der Waals surface area contributed by atoms with Crippen LogP contribution in [0.2, 0.25) is 0 Å². The van der Waals surface area contributed by atoms with Crippen molar-refractivity contribution in [2.24, 2.45) is 0 Å². The first kappa shape index (κ1) is 9.71. The molecule has 1 saturated carbocycles. The van der Waals surface area contributed by atoms with Gasteiger partial charge in [0.2, 0.25) is 0 Å². The number of furan rings is 1. The van der Waals surface area contributed by atoms with Crippen LogP contribution in [-0.4, -0.2) is 12.2 Å². The zero-order valence-corrected chi connectivity index (χ0v) is 8.37. The Hall–Kier alpha value is -0.830. The summed E-state index contributed by atoms with van der Waals surface area (Å²) in [6.45, 7) is 2.00. The maximum Gasteiger partial charge on any atom is 0.120 e. The molecule has 1 N–H and O–H groups in total. The Morgan fingerprint density at radius 2 is 2.43 bits per heavy atom.